The predicted molar refractivity (Wildman–Crippen MR) is 66.2 cm³/mol. The van der Waals surface area contributed by atoms with Crippen molar-refractivity contribution in [3.8, 4) is 11.5 Å². The molecule has 0 aliphatic heterocycles. The van der Waals surface area contributed by atoms with Crippen molar-refractivity contribution in [3.05, 3.63) is 23.8 Å². The zero-order valence-electron chi connectivity index (χ0n) is 10.4. The Morgan fingerprint density at radius 1 is 1.35 bits per heavy atom. The second kappa shape index (κ2) is 5.57. The largest absolute Gasteiger partial charge is 0.508 e. The maximum atomic E-state index is 11.9. The fourth-order valence-electron chi connectivity index (χ4n) is 1.69. The van der Waals surface area contributed by atoms with E-state index in [1.165, 1.54) is 18.2 Å². The molecule has 0 radical (unpaired) electrons. The number of benzene rings is 1. The van der Waals surface area contributed by atoms with Crippen molar-refractivity contribution in [2.75, 3.05) is 0 Å². The highest BCUT2D eigenvalue weighted by molar-refractivity contribution is 5.97. The van der Waals surface area contributed by atoms with Crippen LogP contribution < -0.4 is 5.32 Å². The summed E-state index contributed by atoms with van der Waals surface area (Å²) in [6, 6.07) is 3.97. The summed E-state index contributed by atoms with van der Waals surface area (Å²) in [5.74, 6) is -0.202. The summed E-state index contributed by atoms with van der Waals surface area (Å²) >= 11 is 0. The third-order valence-electron chi connectivity index (χ3n) is 2.79. The van der Waals surface area contributed by atoms with Gasteiger partial charge in [-0.3, -0.25) is 4.79 Å². The highest BCUT2D eigenvalue weighted by Gasteiger charge is 2.17. The van der Waals surface area contributed by atoms with Gasteiger partial charge in [-0.1, -0.05) is 20.8 Å². The third-order valence-corrected chi connectivity index (χ3v) is 2.79. The van der Waals surface area contributed by atoms with Crippen molar-refractivity contribution < 1.29 is 15.0 Å². The highest BCUT2D eigenvalue weighted by atomic mass is 16.3. The SMILES string of the molecule is CCC(NC(=O)c1cc(O)ccc1O)C(C)C. The zero-order chi connectivity index (χ0) is 13.0. The van der Waals surface area contributed by atoms with Crippen LogP contribution in [0, 0.1) is 5.92 Å². The van der Waals surface area contributed by atoms with Crippen LogP contribution in [0.3, 0.4) is 0 Å². The summed E-state index contributed by atoms with van der Waals surface area (Å²) in [6.07, 6.45) is 0.822. The summed E-state index contributed by atoms with van der Waals surface area (Å²) in [5.41, 5.74) is 0.101. The van der Waals surface area contributed by atoms with E-state index in [0.29, 0.717) is 5.92 Å². The van der Waals surface area contributed by atoms with Crippen LogP contribution in [0.4, 0.5) is 0 Å². The van der Waals surface area contributed by atoms with Crippen molar-refractivity contribution >= 4 is 5.91 Å². The molecular weight excluding hydrogens is 218 g/mol. The molecule has 0 bridgehead atoms. The summed E-state index contributed by atoms with van der Waals surface area (Å²) < 4.78 is 0. The van der Waals surface area contributed by atoms with E-state index < -0.39 is 0 Å². The first-order valence-corrected chi connectivity index (χ1v) is 5.78. The van der Waals surface area contributed by atoms with Crippen LogP contribution in [0.1, 0.15) is 37.6 Å². The summed E-state index contributed by atoms with van der Waals surface area (Å²) in [5, 5.41) is 21.7. The maximum absolute atomic E-state index is 11.9. The Kier molecular flexibility index (Phi) is 4.37. The van der Waals surface area contributed by atoms with Gasteiger partial charge < -0.3 is 15.5 Å². The van der Waals surface area contributed by atoms with Crippen LogP contribution in [0.25, 0.3) is 0 Å². The van der Waals surface area contributed by atoms with Crippen LogP contribution >= 0.6 is 0 Å². The summed E-state index contributed by atoms with van der Waals surface area (Å²) in [6.45, 7) is 6.04. The van der Waals surface area contributed by atoms with E-state index in [1.54, 1.807) is 0 Å². The van der Waals surface area contributed by atoms with Gasteiger partial charge in [0.05, 0.1) is 5.56 Å². The van der Waals surface area contributed by atoms with Gasteiger partial charge in [0.2, 0.25) is 0 Å². The molecule has 0 spiro atoms. The molecule has 1 aromatic carbocycles. The summed E-state index contributed by atoms with van der Waals surface area (Å²) in [7, 11) is 0. The lowest BCUT2D eigenvalue weighted by Gasteiger charge is -2.20. The van der Waals surface area contributed by atoms with E-state index in [4.69, 9.17) is 0 Å². The van der Waals surface area contributed by atoms with Gasteiger partial charge in [-0.2, -0.15) is 0 Å². The van der Waals surface area contributed by atoms with E-state index in [2.05, 4.69) is 5.32 Å². The molecule has 3 N–H and O–H groups in total. The Hall–Kier alpha value is -1.71. The van der Waals surface area contributed by atoms with E-state index in [-0.39, 0.29) is 29.0 Å². The molecule has 4 nitrogen and oxygen atoms in total. The van der Waals surface area contributed by atoms with E-state index >= 15 is 0 Å². The van der Waals surface area contributed by atoms with Crippen LogP contribution in [0.5, 0.6) is 11.5 Å². The first-order chi connectivity index (χ1) is 7.95. The van der Waals surface area contributed by atoms with Crippen LogP contribution in [0.2, 0.25) is 0 Å². The number of hydrogen-bond donors (Lipinski definition) is 3. The minimum Gasteiger partial charge on any atom is -0.508 e. The lowest BCUT2D eigenvalue weighted by atomic mass is 10.0. The molecule has 0 aliphatic carbocycles. The second-order valence-corrected chi connectivity index (χ2v) is 4.43. The van der Waals surface area contributed by atoms with Gasteiger partial charge in [0, 0.05) is 6.04 Å². The van der Waals surface area contributed by atoms with Gasteiger partial charge in [0.1, 0.15) is 11.5 Å². The fraction of sp³-hybridized carbons (Fsp3) is 0.462. The number of phenolic OH excluding ortho intramolecular Hbond substituents is 2. The topological polar surface area (TPSA) is 69.6 Å². The lowest BCUT2D eigenvalue weighted by molar-refractivity contribution is 0.0921. The van der Waals surface area contributed by atoms with Gasteiger partial charge in [-0.15, -0.1) is 0 Å². The monoisotopic (exact) mass is 237 g/mol. The van der Waals surface area contributed by atoms with Gasteiger partial charge in [0.15, 0.2) is 0 Å². The minimum atomic E-state index is -0.362. The highest BCUT2D eigenvalue weighted by Crippen LogP contribution is 2.22. The molecule has 0 saturated heterocycles. The molecule has 1 unspecified atom stereocenters. The minimum absolute atomic E-state index is 0.0365. The molecule has 0 saturated carbocycles. The van der Waals surface area contributed by atoms with Crippen LogP contribution in [-0.4, -0.2) is 22.2 Å². The van der Waals surface area contributed by atoms with Crippen molar-refractivity contribution in [2.24, 2.45) is 5.92 Å². The molecule has 4 heteroatoms. The molecule has 1 amide bonds. The molecule has 94 valence electrons. The van der Waals surface area contributed by atoms with Crippen molar-refractivity contribution in [3.63, 3.8) is 0 Å². The first kappa shape index (κ1) is 13.4. The van der Waals surface area contributed by atoms with Gasteiger partial charge in [-0.25, -0.2) is 0 Å². The quantitative estimate of drug-likeness (QED) is 0.703. The average Bonchev–Trinajstić information content (AvgIpc) is 2.28. The zero-order valence-corrected chi connectivity index (χ0v) is 10.4. The molecule has 0 heterocycles. The molecule has 17 heavy (non-hydrogen) atoms. The normalized spacial score (nSPS) is 12.5. The number of rotatable bonds is 4. The van der Waals surface area contributed by atoms with Crippen LogP contribution in [0.15, 0.2) is 18.2 Å². The first-order valence-electron chi connectivity index (χ1n) is 5.78. The summed E-state index contributed by atoms with van der Waals surface area (Å²) in [4.78, 5) is 11.9. The number of hydrogen-bond acceptors (Lipinski definition) is 3. The Bertz CT molecular complexity index is 402. The van der Waals surface area contributed by atoms with E-state index in [9.17, 15) is 15.0 Å². The maximum Gasteiger partial charge on any atom is 0.255 e. The third kappa shape index (κ3) is 3.37. The lowest BCUT2D eigenvalue weighted by Crippen LogP contribution is -2.38. The van der Waals surface area contributed by atoms with Crippen molar-refractivity contribution in [2.45, 2.75) is 33.2 Å². The van der Waals surface area contributed by atoms with Crippen LogP contribution in [-0.2, 0) is 0 Å². The smallest absolute Gasteiger partial charge is 0.255 e. The number of carbonyl (C=O) groups excluding carboxylic acids is 1. The number of nitrogens with one attached hydrogen (secondary N) is 1. The average molecular weight is 237 g/mol. The van der Waals surface area contributed by atoms with E-state index in [0.717, 1.165) is 6.42 Å². The molecule has 1 atom stereocenters. The molecule has 0 aliphatic rings. The molecule has 1 aromatic rings. The second-order valence-electron chi connectivity index (χ2n) is 4.43. The molecule has 0 fully saturated rings. The van der Waals surface area contributed by atoms with Crippen molar-refractivity contribution in [1.29, 1.82) is 0 Å². The standard InChI is InChI=1S/C13H19NO3/c1-4-11(8(2)3)14-13(17)10-7-9(15)5-6-12(10)16/h5-8,11,15-16H,4H2,1-3H3,(H,14,17). The van der Waals surface area contributed by atoms with Crippen molar-refractivity contribution in [1.82, 2.24) is 5.32 Å². The Labute approximate surface area is 101 Å². The van der Waals surface area contributed by atoms with Gasteiger partial charge in [0.25, 0.3) is 5.91 Å². The Morgan fingerprint density at radius 2 is 2.00 bits per heavy atom. The van der Waals surface area contributed by atoms with Gasteiger partial charge >= 0.3 is 0 Å². The predicted octanol–water partition coefficient (Wildman–Crippen LogP) is 2.26. The number of aromatic hydroxyl groups is 2. The van der Waals surface area contributed by atoms with Gasteiger partial charge in [-0.05, 0) is 30.5 Å². The molecular formula is C13H19NO3. The Morgan fingerprint density at radius 3 is 2.53 bits per heavy atom. The Balaban J connectivity index is 2.86. The molecule has 1 rings (SSSR count). The van der Waals surface area contributed by atoms with E-state index in [1.807, 2.05) is 20.8 Å². The number of carbonyl (C=O) groups is 1. The molecule has 0 aromatic heterocycles. The number of amides is 1. The number of phenols is 2. The fourth-order valence-corrected chi connectivity index (χ4v) is 1.69.